The summed E-state index contributed by atoms with van der Waals surface area (Å²) in [5.74, 6) is -0.0909. The predicted molar refractivity (Wildman–Crippen MR) is 67.6 cm³/mol. The van der Waals surface area contributed by atoms with Crippen LogP contribution < -0.4 is 4.74 Å². The van der Waals surface area contributed by atoms with Crippen LogP contribution in [0.5, 0.6) is 5.75 Å². The third kappa shape index (κ3) is 6.12. The summed E-state index contributed by atoms with van der Waals surface area (Å²) in [6.45, 7) is -3.82. The third-order valence-corrected chi connectivity index (χ3v) is 2.84. The number of likely N-dealkylation sites (N-methyl/N-ethyl adjacent to an activating group) is 1. The van der Waals surface area contributed by atoms with Crippen molar-refractivity contribution in [2.24, 2.45) is 0 Å². The Balaban J connectivity index is 2.55. The van der Waals surface area contributed by atoms with Gasteiger partial charge in [-0.25, -0.2) is 0 Å². The minimum atomic E-state index is -4.73. The Labute approximate surface area is 123 Å². The van der Waals surface area contributed by atoms with Gasteiger partial charge in [-0.3, -0.25) is 0 Å². The van der Waals surface area contributed by atoms with Crippen LogP contribution in [0.25, 0.3) is 0 Å². The number of benzene rings is 1. The van der Waals surface area contributed by atoms with Crippen LogP contribution in [0.2, 0.25) is 0 Å². The molecule has 0 fully saturated rings. The maximum absolute atomic E-state index is 12.2. The molecule has 0 spiro atoms. The van der Waals surface area contributed by atoms with E-state index in [0.29, 0.717) is 5.56 Å². The summed E-state index contributed by atoms with van der Waals surface area (Å²) in [4.78, 5) is 1.12. The molecule has 0 bridgehead atoms. The average Bonchev–Trinajstić information content (AvgIpc) is 2.37. The number of rotatable bonds is 7. The fraction of sp³-hybridized carbons (Fsp3) is 0.538. The average molecular weight is 329 g/mol. The first kappa shape index (κ1) is 18.6. The number of hydrogen-bond donors (Lipinski definition) is 2. The van der Waals surface area contributed by atoms with Crippen LogP contribution in [-0.2, 0) is 0 Å². The van der Waals surface area contributed by atoms with E-state index in [4.69, 9.17) is 5.11 Å². The van der Waals surface area contributed by atoms with E-state index < -0.39 is 31.5 Å². The van der Waals surface area contributed by atoms with Gasteiger partial charge in [0.1, 0.15) is 5.75 Å². The molecule has 1 aromatic rings. The number of hydrogen-bond acceptors (Lipinski definition) is 4. The van der Waals surface area contributed by atoms with Gasteiger partial charge in [-0.2, -0.15) is 22.0 Å². The summed E-state index contributed by atoms with van der Waals surface area (Å²) in [5.41, 5.74) is 0.329. The molecule has 1 rings (SSSR count). The zero-order valence-corrected chi connectivity index (χ0v) is 11.6. The molecule has 9 heteroatoms. The Bertz CT molecular complexity index is 452. The Morgan fingerprint density at radius 2 is 1.64 bits per heavy atom. The second kappa shape index (κ2) is 7.70. The Morgan fingerprint density at radius 1 is 1.09 bits per heavy atom. The second-order valence-corrected chi connectivity index (χ2v) is 4.74. The van der Waals surface area contributed by atoms with E-state index in [2.05, 4.69) is 4.74 Å². The van der Waals surface area contributed by atoms with Crippen molar-refractivity contribution in [2.75, 3.05) is 20.1 Å². The lowest BCUT2D eigenvalue weighted by atomic mass is 10.1. The smallest absolute Gasteiger partial charge is 0.415 e. The van der Waals surface area contributed by atoms with Gasteiger partial charge >= 0.3 is 12.8 Å². The van der Waals surface area contributed by atoms with Crippen LogP contribution in [0.3, 0.4) is 0 Å². The molecule has 0 aliphatic heterocycles. The van der Waals surface area contributed by atoms with Gasteiger partial charge in [-0.05, 0) is 24.7 Å². The van der Waals surface area contributed by atoms with Crippen LogP contribution in [0.1, 0.15) is 11.7 Å². The van der Waals surface area contributed by atoms with Crippen molar-refractivity contribution in [3.05, 3.63) is 29.8 Å². The number of halogens is 5. The SMILES string of the molecule is CN(CC(O)c1ccc(OC(F)F)cc1)CC(O)C(F)(F)F. The van der Waals surface area contributed by atoms with E-state index in [0.717, 1.165) is 4.90 Å². The van der Waals surface area contributed by atoms with Crippen LogP contribution in [-0.4, -0.2) is 54.1 Å². The zero-order valence-electron chi connectivity index (χ0n) is 11.6. The zero-order chi connectivity index (χ0) is 16.9. The molecular weight excluding hydrogens is 313 g/mol. The van der Waals surface area contributed by atoms with Gasteiger partial charge < -0.3 is 19.8 Å². The van der Waals surface area contributed by atoms with Crippen LogP contribution >= 0.6 is 0 Å². The molecule has 2 N–H and O–H groups in total. The molecule has 4 nitrogen and oxygen atoms in total. The number of ether oxygens (including phenoxy) is 1. The first-order valence-electron chi connectivity index (χ1n) is 6.25. The lowest BCUT2D eigenvalue weighted by Crippen LogP contribution is -2.40. The number of aliphatic hydroxyl groups is 2. The van der Waals surface area contributed by atoms with Gasteiger partial charge in [0.05, 0.1) is 6.10 Å². The van der Waals surface area contributed by atoms with E-state index in [-0.39, 0.29) is 12.3 Å². The third-order valence-electron chi connectivity index (χ3n) is 2.84. The first-order valence-corrected chi connectivity index (χ1v) is 6.25. The molecule has 0 saturated carbocycles. The van der Waals surface area contributed by atoms with Crippen molar-refractivity contribution in [1.29, 1.82) is 0 Å². The van der Waals surface area contributed by atoms with Crippen LogP contribution in [0.4, 0.5) is 22.0 Å². The summed E-state index contributed by atoms with van der Waals surface area (Å²) >= 11 is 0. The van der Waals surface area contributed by atoms with Crippen molar-refractivity contribution < 1.29 is 36.9 Å². The number of nitrogens with zero attached hydrogens (tertiary/aromatic N) is 1. The quantitative estimate of drug-likeness (QED) is 0.753. The molecule has 0 amide bonds. The van der Waals surface area contributed by atoms with Crippen molar-refractivity contribution in [3.8, 4) is 5.75 Å². The molecule has 0 aliphatic carbocycles. The van der Waals surface area contributed by atoms with Gasteiger partial charge in [0.25, 0.3) is 0 Å². The summed E-state index contributed by atoms with van der Waals surface area (Å²) < 4.78 is 64.7. The van der Waals surface area contributed by atoms with Crippen molar-refractivity contribution >= 4 is 0 Å². The normalized spacial score (nSPS) is 15.2. The number of alkyl halides is 5. The van der Waals surface area contributed by atoms with Gasteiger partial charge in [-0.1, -0.05) is 12.1 Å². The molecule has 0 heterocycles. The predicted octanol–water partition coefficient (Wildman–Crippen LogP) is 2.18. The molecule has 0 aliphatic rings. The van der Waals surface area contributed by atoms with Crippen molar-refractivity contribution in [2.45, 2.75) is 25.0 Å². The molecular formula is C13H16F5NO3. The lowest BCUT2D eigenvalue weighted by molar-refractivity contribution is -0.207. The molecule has 126 valence electrons. The summed E-state index contributed by atoms with van der Waals surface area (Å²) in [6, 6.07) is 5.09. The highest BCUT2D eigenvalue weighted by Gasteiger charge is 2.38. The van der Waals surface area contributed by atoms with E-state index in [1.807, 2.05) is 0 Å². The van der Waals surface area contributed by atoms with Crippen molar-refractivity contribution in [1.82, 2.24) is 4.90 Å². The molecule has 0 aromatic heterocycles. The maximum atomic E-state index is 12.2. The van der Waals surface area contributed by atoms with Crippen LogP contribution in [0, 0.1) is 0 Å². The Kier molecular flexibility index (Phi) is 6.51. The molecule has 1 aromatic carbocycles. The molecule has 2 unspecified atom stereocenters. The minimum Gasteiger partial charge on any atom is -0.435 e. The minimum absolute atomic E-state index is 0.0909. The van der Waals surface area contributed by atoms with Gasteiger partial charge in [0, 0.05) is 13.1 Å². The monoisotopic (exact) mass is 329 g/mol. The largest absolute Gasteiger partial charge is 0.435 e. The summed E-state index contributed by atoms with van der Waals surface area (Å²) in [5, 5.41) is 18.8. The van der Waals surface area contributed by atoms with Crippen LogP contribution in [0.15, 0.2) is 24.3 Å². The molecule has 2 atom stereocenters. The van der Waals surface area contributed by atoms with E-state index in [9.17, 15) is 27.1 Å². The Morgan fingerprint density at radius 3 is 2.09 bits per heavy atom. The van der Waals surface area contributed by atoms with Crippen molar-refractivity contribution in [3.63, 3.8) is 0 Å². The molecule has 0 saturated heterocycles. The fourth-order valence-corrected chi connectivity index (χ4v) is 1.75. The Hall–Kier alpha value is -1.45. The van der Waals surface area contributed by atoms with Gasteiger partial charge in [-0.15, -0.1) is 0 Å². The standard InChI is InChI=1S/C13H16F5NO3/c1-19(7-11(21)13(16,17)18)6-10(20)8-2-4-9(5-3-8)22-12(14)15/h2-5,10-12,20-21H,6-7H2,1H3. The van der Waals surface area contributed by atoms with E-state index in [1.165, 1.54) is 31.3 Å². The maximum Gasteiger partial charge on any atom is 0.415 e. The second-order valence-electron chi connectivity index (χ2n) is 4.74. The van der Waals surface area contributed by atoms with Gasteiger partial charge in [0.2, 0.25) is 0 Å². The number of aliphatic hydroxyl groups excluding tert-OH is 2. The fourth-order valence-electron chi connectivity index (χ4n) is 1.75. The highest BCUT2D eigenvalue weighted by Crippen LogP contribution is 2.22. The molecule has 0 radical (unpaired) electrons. The summed E-state index contributed by atoms with van der Waals surface area (Å²) in [6.07, 6.45) is -8.37. The van der Waals surface area contributed by atoms with E-state index in [1.54, 1.807) is 0 Å². The summed E-state index contributed by atoms with van der Waals surface area (Å²) in [7, 11) is 1.31. The topological polar surface area (TPSA) is 52.9 Å². The van der Waals surface area contributed by atoms with E-state index >= 15 is 0 Å². The lowest BCUT2D eigenvalue weighted by Gasteiger charge is -2.24. The highest BCUT2D eigenvalue weighted by molar-refractivity contribution is 5.28. The first-order chi connectivity index (χ1) is 10.1. The van der Waals surface area contributed by atoms with Gasteiger partial charge in [0.15, 0.2) is 6.10 Å². The highest BCUT2D eigenvalue weighted by atomic mass is 19.4. The molecule has 22 heavy (non-hydrogen) atoms.